The number of aliphatic hydroxyl groups is 7. The van der Waals surface area contributed by atoms with Crippen molar-refractivity contribution in [3.8, 4) is 5.75 Å². The molecular formula is C97H147NO30. The second-order valence-electron chi connectivity index (χ2n) is 41.5. The predicted octanol–water partition coefficient (Wildman–Crippen LogP) is 13.5. The first-order chi connectivity index (χ1) is 60.1. The summed E-state index contributed by atoms with van der Waals surface area (Å²) in [6, 6.07) is 5.20. The molecule has 13 rings (SSSR count). The molecule has 31 heteroatoms. The summed E-state index contributed by atoms with van der Waals surface area (Å²) in [6.07, 6.45) is 11.7. The Hall–Kier alpha value is -6.46. The van der Waals surface area contributed by atoms with Crippen LogP contribution in [-0.2, 0) is 85.6 Å². The minimum atomic E-state index is -2.26. The number of hydrogen-bond acceptors (Lipinski definition) is 30. The number of carbonyl (C=O) groups excluding carboxylic acids is 8. The zero-order valence-electron chi connectivity index (χ0n) is 78.6. The van der Waals surface area contributed by atoms with Crippen molar-refractivity contribution in [2.24, 2.45) is 98.6 Å². The van der Waals surface area contributed by atoms with Gasteiger partial charge in [0.25, 0.3) is 5.69 Å². The van der Waals surface area contributed by atoms with Crippen LogP contribution < -0.4 is 4.74 Å². The quantitative estimate of drug-likeness (QED) is 0.00819. The number of carbonyl (C=O) groups is 8. The maximum Gasteiger partial charge on any atom is 0.513 e. The third-order valence-electron chi connectivity index (χ3n) is 32.2. The fraction of sp³-hybridized carbons (Fsp3) is 0.814. The van der Waals surface area contributed by atoms with E-state index in [0.717, 1.165) is 37.7 Å². The molecule has 6 aliphatic heterocycles. The summed E-state index contributed by atoms with van der Waals surface area (Å²) in [4.78, 5) is 117. The number of nitro benzene ring substituents is 1. The van der Waals surface area contributed by atoms with E-state index in [1.54, 1.807) is 69.2 Å². The Morgan fingerprint density at radius 2 is 0.977 bits per heavy atom. The van der Waals surface area contributed by atoms with E-state index in [1.165, 1.54) is 113 Å². The highest BCUT2D eigenvalue weighted by Crippen LogP contribution is 2.77. The monoisotopic (exact) mass is 1810 g/mol. The standard InChI is InChI=1S/C45H70O14.C30H44O9.C22H33NO7/c1-10-11-12-13-14-15-16-17-18-41(8)54-23-29(59-41)22-53-40(50)58-37-31(46)19-27(6)30-20-32-43-24-55-45(52,39(43)42(30,37)9)36(48)28(7)34(43)35(38(49)56-32)57-33(47)21-44(51,25(2)3)26(4)5;1-13(2)29(36,14(3)4)11-17(31)9-18-22-16(6)23(33)30(37)26-27(7)19(15(5)8-20(32)24(27)34)10-21(39-25(18)35)28(22,26)12-38-30;1-3-4-5-6-7-8-9-10-15-22(2)28-17-20(30-22)16-27-21(24)29-19-13-11-18(12-14-19)23(25)26/h19,25-26,28-30,32,34-37,39,48,51-52H,10-18,20-24H2,1-9H3;8,13-14,16,18-19,21-24,26,33-34,36-37H,9-12H2,1-7H3;11-14,20H,3-10,15-17H2,1-2H3/t28-,29?,30+,32-,34?,35-,36-,37-,39?,41?,42-,43+,45+;16-,18?,19+,21-,22?,23-,24-,26?,27-,28+,30-;/m11./s1. The summed E-state index contributed by atoms with van der Waals surface area (Å²) in [5.41, 5.74) is -6.27. The number of nitro groups is 1. The first-order valence-corrected chi connectivity index (χ1v) is 47.4. The van der Waals surface area contributed by atoms with Gasteiger partial charge in [-0.25, -0.2) is 14.4 Å². The molecule has 1 aromatic carbocycles. The van der Waals surface area contributed by atoms with Gasteiger partial charge in [0.1, 0.15) is 67.5 Å². The van der Waals surface area contributed by atoms with E-state index in [9.17, 15) is 84.2 Å². The van der Waals surface area contributed by atoms with Gasteiger partial charge in [-0.3, -0.25) is 34.1 Å². The largest absolute Gasteiger partial charge is 0.513 e. The fourth-order valence-corrected chi connectivity index (χ4v) is 25.3. The second kappa shape index (κ2) is 40.4. The van der Waals surface area contributed by atoms with Crippen LogP contribution in [0, 0.1) is 109 Å². The molecule has 4 saturated carbocycles. The van der Waals surface area contributed by atoms with Gasteiger partial charge in [-0.2, -0.15) is 0 Å². The maximum atomic E-state index is 14.0. The molecule has 4 bridgehead atoms. The molecule has 6 aliphatic carbocycles. The van der Waals surface area contributed by atoms with E-state index in [-0.39, 0.29) is 112 Å². The molecule has 9 unspecified atom stereocenters. The first kappa shape index (κ1) is 102. The van der Waals surface area contributed by atoms with Gasteiger partial charge in [0, 0.05) is 77.2 Å². The Balaban J connectivity index is 0.000000199. The van der Waals surface area contributed by atoms with Gasteiger partial charge >= 0.3 is 30.2 Å². The van der Waals surface area contributed by atoms with Crippen molar-refractivity contribution >= 4 is 53.3 Å². The molecule has 31 nitrogen and oxygen atoms in total. The van der Waals surface area contributed by atoms with Crippen LogP contribution in [0.15, 0.2) is 47.6 Å². The first-order valence-electron chi connectivity index (χ1n) is 47.4. The molecule has 1 aromatic rings. The average molecular weight is 1810 g/mol. The van der Waals surface area contributed by atoms with Gasteiger partial charge < -0.3 is 97.3 Å². The zero-order valence-corrected chi connectivity index (χ0v) is 78.6. The lowest BCUT2D eigenvalue weighted by atomic mass is 9.37. The number of fused-ring (bicyclic) bond motifs is 2. The van der Waals surface area contributed by atoms with Crippen molar-refractivity contribution in [1.82, 2.24) is 0 Å². The van der Waals surface area contributed by atoms with Crippen LogP contribution in [0.2, 0.25) is 0 Å². The van der Waals surface area contributed by atoms with Gasteiger partial charge in [-0.15, -0.1) is 0 Å². The van der Waals surface area contributed by atoms with Crippen molar-refractivity contribution in [2.75, 3.05) is 39.6 Å². The number of ether oxygens (including phenoxy) is 13. The van der Waals surface area contributed by atoms with Crippen LogP contribution >= 0.6 is 0 Å². The van der Waals surface area contributed by atoms with Crippen LogP contribution in [0.5, 0.6) is 5.75 Å². The Morgan fingerprint density at radius 1 is 0.555 bits per heavy atom. The van der Waals surface area contributed by atoms with Crippen LogP contribution in [0.25, 0.3) is 0 Å². The molecule has 128 heavy (non-hydrogen) atoms. The van der Waals surface area contributed by atoms with Gasteiger partial charge in [-0.05, 0) is 131 Å². The number of rotatable bonds is 36. The highest BCUT2D eigenvalue weighted by molar-refractivity contribution is 5.98. The topological polar surface area (TPSA) is 441 Å². The van der Waals surface area contributed by atoms with Crippen molar-refractivity contribution in [1.29, 1.82) is 0 Å². The highest BCUT2D eigenvalue weighted by Gasteiger charge is 2.86. The third kappa shape index (κ3) is 19.5. The summed E-state index contributed by atoms with van der Waals surface area (Å²) in [5, 5.41) is 92.6. The molecule has 10 fully saturated rings. The molecule has 12 aliphatic rings. The van der Waals surface area contributed by atoms with Crippen LogP contribution in [0.3, 0.4) is 0 Å². The Labute approximate surface area is 753 Å². The van der Waals surface area contributed by atoms with Crippen molar-refractivity contribution in [3.63, 3.8) is 0 Å². The van der Waals surface area contributed by atoms with E-state index < -0.39 is 199 Å². The van der Waals surface area contributed by atoms with E-state index in [1.807, 2.05) is 41.5 Å². The number of esters is 3. The van der Waals surface area contributed by atoms with Gasteiger partial charge in [0.05, 0.1) is 54.9 Å². The Morgan fingerprint density at radius 3 is 1.45 bits per heavy atom. The maximum absolute atomic E-state index is 14.0. The van der Waals surface area contributed by atoms with E-state index in [2.05, 4.69) is 13.8 Å². The molecule has 6 saturated heterocycles. The molecule has 0 aromatic heterocycles. The summed E-state index contributed by atoms with van der Waals surface area (Å²) in [7, 11) is 0. The van der Waals surface area contributed by atoms with E-state index in [0.29, 0.717) is 25.0 Å². The number of unbranched alkanes of at least 4 members (excludes halogenated alkanes) is 14. The van der Waals surface area contributed by atoms with E-state index >= 15 is 0 Å². The van der Waals surface area contributed by atoms with Crippen molar-refractivity contribution in [2.45, 2.75) is 362 Å². The highest BCUT2D eigenvalue weighted by atomic mass is 16.8. The van der Waals surface area contributed by atoms with E-state index in [4.69, 9.17) is 61.6 Å². The molecule has 0 amide bonds. The number of non-ortho nitro benzene ring substituents is 1. The number of allylic oxidation sites excluding steroid dienone is 2. The SMILES string of the molecule is CC1=CC(=O)[C@@H](O)[C@]2(C)C3[C@]45CO[C@]3(O)[C@H](O)[C@H](C)C4C(CC(=O)CC(O)(C(C)C)C(C)C)C(=O)O[C@@H]5C[C@@H]12.CCCCCCCCCCC1(C)OCC(COC(=O)O[C@@H]2C(=O)C=C(C)[C@@H]3C[C@H]4OC(=O)[C@H](OC(=O)CC(O)(C(C)C)C(C)C)C5[C@@H](C)[C@@H](O)[C@]6(O)OC[C@@]54C6[C@@]23C)O1.CCCCCCCCCCC1(C)OCC(COC(=O)Oc2ccc([N+](=O)[O-])cc2)O1. The van der Waals surface area contributed by atoms with Gasteiger partial charge in [0.2, 0.25) is 6.10 Å². The Bertz CT molecular complexity index is 4170. The molecule has 26 atom stereocenters. The number of hydrogen-bond donors (Lipinski definition) is 7. The lowest BCUT2D eigenvalue weighted by molar-refractivity contribution is -0.384. The molecule has 2 spiro atoms. The van der Waals surface area contributed by atoms with Crippen LogP contribution in [0.4, 0.5) is 15.3 Å². The smallest absolute Gasteiger partial charge is 0.461 e. The third-order valence-corrected chi connectivity index (χ3v) is 32.2. The summed E-state index contributed by atoms with van der Waals surface area (Å²) in [5.74, 6) is -17.0. The lowest BCUT2D eigenvalue weighted by Gasteiger charge is -2.68. The number of nitrogens with zero attached hydrogens (tertiary/aromatic N) is 1. The minimum Gasteiger partial charge on any atom is -0.461 e. The number of ketones is 3. The summed E-state index contributed by atoms with van der Waals surface area (Å²) < 4.78 is 75.9. The number of aliphatic hydroxyl groups excluding tert-OH is 3. The van der Waals surface area contributed by atoms with Gasteiger partial charge in [0.15, 0.2) is 40.8 Å². The predicted molar refractivity (Wildman–Crippen MR) is 462 cm³/mol. The lowest BCUT2D eigenvalue weighted by Crippen LogP contribution is -2.78. The molecule has 6 heterocycles. The zero-order chi connectivity index (χ0) is 94.1. The number of Topliss-reactive ketones (excluding diaryl/α,β-unsaturated/α-hetero) is 1. The number of benzene rings is 1. The van der Waals surface area contributed by atoms with Crippen molar-refractivity contribution in [3.05, 3.63) is 57.7 Å². The normalized spacial score (nSPS) is 37.7. The molecule has 7 N–H and O–H groups in total. The fourth-order valence-electron chi connectivity index (χ4n) is 25.3. The minimum absolute atomic E-state index is 0.0266. The second-order valence-corrected chi connectivity index (χ2v) is 41.5. The van der Waals surface area contributed by atoms with Crippen molar-refractivity contribution < 1.29 is 141 Å². The Kier molecular flexibility index (Phi) is 32.2. The van der Waals surface area contributed by atoms with Crippen LogP contribution in [0.1, 0.15) is 272 Å². The average Bonchev–Trinajstić information content (AvgIpc) is 1.48. The molecule has 720 valence electrons. The summed E-state index contributed by atoms with van der Waals surface area (Å²) >= 11 is 0. The molecular weight excluding hydrogens is 1660 g/mol. The van der Waals surface area contributed by atoms with Gasteiger partial charge in [-0.1, -0.05) is 198 Å². The molecule has 0 radical (unpaired) electrons. The summed E-state index contributed by atoms with van der Waals surface area (Å²) in [6.45, 7) is 33.6. The van der Waals surface area contributed by atoms with Crippen LogP contribution in [-0.4, -0.2) is 217 Å².